The van der Waals surface area contributed by atoms with Crippen LogP contribution in [0.3, 0.4) is 0 Å². The Labute approximate surface area is 302 Å². The second kappa shape index (κ2) is 11.4. The normalized spacial score (nSPS) is 14.4. The van der Waals surface area contributed by atoms with Crippen molar-refractivity contribution in [2.24, 2.45) is 0 Å². The van der Waals surface area contributed by atoms with Crippen molar-refractivity contribution >= 4 is 43.6 Å². The van der Waals surface area contributed by atoms with Crippen molar-refractivity contribution in [2.75, 3.05) is 0 Å². The van der Waals surface area contributed by atoms with E-state index >= 15 is 0 Å². The van der Waals surface area contributed by atoms with Gasteiger partial charge in [-0.25, -0.2) is 4.98 Å². The summed E-state index contributed by atoms with van der Waals surface area (Å²) < 4.78 is 89.5. The number of nitrogens with zero attached hydrogens (tertiary/aromatic N) is 5. The van der Waals surface area contributed by atoms with Crippen molar-refractivity contribution in [1.82, 2.24) is 24.1 Å². The first-order chi connectivity index (χ1) is 29.0. The van der Waals surface area contributed by atoms with E-state index in [9.17, 15) is 0 Å². The fourth-order valence-electron chi connectivity index (χ4n) is 6.92. The monoisotopic (exact) mass is 649 g/mol. The maximum atomic E-state index is 8.82. The Bertz CT molecular complexity index is 3310. The van der Waals surface area contributed by atoms with Gasteiger partial charge in [0.1, 0.15) is 0 Å². The van der Waals surface area contributed by atoms with Crippen LogP contribution in [0.15, 0.2) is 176 Å². The molecule has 10 aromatic rings. The number of aromatic nitrogens is 5. The molecule has 0 N–H and O–H groups in total. The summed E-state index contributed by atoms with van der Waals surface area (Å²) in [4.78, 5) is 14.1. The van der Waals surface area contributed by atoms with Gasteiger partial charge in [0.05, 0.1) is 41.5 Å². The van der Waals surface area contributed by atoms with Gasteiger partial charge in [0, 0.05) is 38.2 Å². The van der Waals surface area contributed by atoms with Gasteiger partial charge in [0.25, 0.3) is 0 Å². The SMILES string of the molecule is [2H]c1c([2H])c([2H])c(-c2nc(-c3c([2H])c([2H])c([2H])c([2H])c3[2H])nc(-n3c4ccccc4c4c3ccc3c5ccccc5n(-c5ccccc5-c5ccccc5)c34)n2)c([2H])c1[2H]. The van der Waals surface area contributed by atoms with E-state index in [2.05, 4.69) is 45.9 Å². The van der Waals surface area contributed by atoms with Crippen LogP contribution in [0.5, 0.6) is 0 Å². The van der Waals surface area contributed by atoms with Crippen LogP contribution in [-0.2, 0) is 0 Å². The Morgan fingerprint density at radius 3 is 1.70 bits per heavy atom. The Morgan fingerprint density at radius 2 is 1.00 bits per heavy atom. The first kappa shape index (κ1) is 19.8. The maximum Gasteiger partial charge on any atom is 0.238 e. The van der Waals surface area contributed by atoms with Gasteiger partial charge < -0.3 is 4.57 Å². The molecule has 0 saturated heterocycles. The van der Waals surface area contributed by atoms with E-state index in [1.165, 1.54) is 0 Å². The van der Waals surface area contributed by atoms with Gasteiger partial charge >= 0.3 is 0 Å². The van der Waals surface area contributed by atoms with Crippen LogP contribution in [0.4, 0.5) is 0 Å². The molecule has 3 aromatic heterocycles. The summed E-state index contributed by atoms with van der Waals surface area (Å²) in [5.41, 5.74) is 5.52. The lowest BCUT2D eigenvalue weighted by Gasteiger charge is -2.15. The van der Waals surface area contributed by atoms with Gasteiger partial charge in [-0.05, 0) is 29.8 Å². The molecule has 0 aliphatic heterocycles. The maximum absolute atomic E-state index is 8.82. The number of para-hydroxylation sites is 3. The molecule has 0 fully saturated rings. The average molecular weight is 650 g/mol. The zero-order chi connectivity index (χ0) is 41.7. The van der Waals surface area contributed by atoms with Gasteiger partial charge in [0.2, 0.25) is 5.95 Å². The minimum absolute atomic E-state index is 0.0634. The second-order valence-electron chi connectivity index (χ2n) is 11.7. The lowest BCUT2D eigenvalue weighted by atomic mass is 10.0. The van der Waals surface area contributed by atoms with Crippen LogP contribution in [-0.4, -0.2) is 24.1 Å². The molecular weight excluding hydrogens is 611 g/mol. The van der Waals surface area contributed by atoms with Crippen LogP contribution in [0.2, 0.25) is 0 Å². The Morgan fingerprint density at radius 1 is 0.420 bits per heavy atom. The van der Waals surface area contributed by atoms with E-state index in [-0.39, 0.29) is 28.7 Å². The number of fused-ring (bicyclic) bond motifs is 7. The van der Waals surface area contributed by atoms with Gasteiger partial charge in [-0.1, -0.05) is 151 Å². The van der Waals surface area contributed by atoms with Gasteiger partial charge in [-0.2, -0.15) is 9.97 Å². The molecule has 50 heavy (non-hydrogen) atoms. The smallest absolute Gasteiger partial charge is 0.238 e. The molecule has 0 aliphatic rings. The lowest BCUT2D eigenvalue weighted by molar-refractivity contribution is 0.953. The summed E-state index contributed by atoms with van der Waals surface area (Å²) in [6.07, 6.45) is 0. The lowest BCUT2D eigenvalue weighted by Crippen LogP contribution is -2.06. The van der Waals surface area contributed by atoms with Crippen LogP contribution >= 0.6 is 0 Å². The van der Waals surface area contributed by atoms with E-state index in [1.54, 1.807) is 4.57 Å². The molecule has 0 saturated carbocycles. The summed E-state index contributed by atoms with van der Waals surface area (Å²) >= 11 is 0. The first-order valence-electron chi connectivity index (χ1n) is 21.0. The third-order valence-corrected chi connectivity index (χ3v) is 8.97. The third kappa shape index (κ3) is 4.37. The zero-order valence-corrected chi connectivity index (χ0v) is 26.2. The van der Waals surface area contributed by atoms with Crippen molar-refractivity contribution in [3.8, 4) is 45.5 Å². The van der Waals surface area contributed by atoms with Crippen molar-refractivity contribution in [3.63, 3.8) is 0 Å². The molecule has 0 radical (unpaired) electrons. The fraction of sp³-hybridized carbons (Fsp3) is 0. The van der Waals surface area contributed by atoms with Crippen LogP contribution in [0.25, 0.3) is 89.2 Å². The van der Waals surface area contributed by atoms with Gasteiger partial charge in [-0.3, -0.25) is 4.57 Å². The Kier molecular flexibility index (Phi) is 4.52. The summed E-state index contributed by atoms with van der Waals surface area (Å²) in [5.74, 6) is -0.736. The van der Waals surface area contributed by atoms with Crippen molar-refractivity contribution in [1.29, 1.82) is 0 Å². The predicted molar refractivity (Wildman–Crippen MR) is 205 cm³/mol. The molecule has 0 amide bonds. The summed E-state index contributed by atoms with van der Waals surface area (Å²) in [5, 5.41) is 3.69. The predicted octanol–water partition coefficient (Wildman–Crippen LogP) is 11.1. The fourth-order valence-corrected chi connectivity index (χ4v) is 6.92. The highest BCUT2D eigenvalue weighted by Crippen LogP contribution is 2.43. The molecule has 5 nitrogen and oxygen atoms in total. The minimum Gasteiger partial charge on any atom is -0.308 e. The molecule has 5 heteroatoms. The highest BCUT2D eigenvalue weighted by atomic mass is 15.2. The minimum atomic E-state index is -0.611. The van der Waals surface area contributed by atoms with Gasteiger partial charge in [-0.15, -0.1) is 0 Å². The van der Waals surface area contributed by atoms with E-state index in [0.29, 0.717) is 11.0 Å². The van der Waals surface area contributed by atoms with Crippen LogP contribution < -0.4 is 0 Å². The second-order valence-corrected chi connectivity index (χ2v) is 11.7. The largest absolute Gasteiger partial charge is 0.308 e. The van der Waals surface area contributed by atoms with Crippen LogP contribution in [0.1, 0.15) is 13.7 Å². The van der Waals surface area contributed by atoms with E-state index in [4.69, 9.17) is 23.7 Å². The number of hydrogen-bond acceptors (Lipinski definition) is 3. The quantitative estimate of drug-likeness (QED) is 0.186. The molecule has 0 unspecified atom stereocenters. The number of benzene rings is 7. The zero-order valence-electron chi connectivity index (χ0n) is 36.2. The molecule has 10 rings (SSSR count). The molecule has 0 aliphatic carbocycles. The van der Waals surface area contributed by atoms with E-state index in [1.807, 2.05) is 78.9 Å². The summed E-state index contributed by atoms with van der Waals surface area (Å²) in [6, 6.07) is 32.3. The Balaban J connectivity index is 1.36. The number of rotatable bonds is 5. The molecule has 7 aromatic carbocycles. The van der Waals surface area contributed by atoms with Crippen LogP contribution in [0, 0.1) is 0 Å². The molecular formula is C45H29N5. The summed E-state index contributed by atoms with van der Waals surface area (Å²) in [6.45, 7) is 0. The molecule has 3 heterocycles. The van der Waals surface area contributed by atoms with E-state index in [0.717, 1.165) is 49.4 Å². The Hall–Kier alpha value is -6.85. The van der Waals surface area contributed by atoms with E-state index < -0.39 is 60.4 Å². The van der Waals surface area contributed by atoms with Crippen molar-refractivity contribution < 1.29 is 13.7 Å². The van der Waals surface area contributed by atoms with Crippen molar-refractivity contribution in [2.45, 2.75) is 0 Å². The number of hydrogen-bond donors (Lipinski definition) is 0. The van der Waals surface area contributed by atoms with Gasteiger partial charge in [0.15, 0.2) is 11.6 Å². The first-order valence-corrected chi connectivity index (χ1v) is 16.0. The standard InChI is InChI=1S/C45H29N5/c1-4-16-30(17-5-1)33-22-10-13-25-37(33)49-38-26-14-11-23-34(38)35-28-29-40-41(42(35)49)36-24-12-15-27-39(36)50(40)45-47-43(31-18-6-2-7-19-31)46-44(48-45)32-20-8-3-9-21-32/h1-29H/i2D,3D,6D,7D,8D,9D,18D,19D,20D,21D. The average Bonchev–Trinajstić information content (AvgIpc) is 3.79. The molecule has 0 spiro atoms. The third-order valence-electron chi connectivity index (χ3n) is 8.97. The molecule has 0 atom stereocenters. The van der Waals surface area contributed by atoms with Crippen molar-refractivity contribution in [3.05, 3.63) is 176 Å². The topological polar surface area (TPSA) is 48.5 Å². The molecule has 0 bridgehead atoms. The summed E-state index contributed by atoms with van der Waals surface area (Å²) in [7, 11) is 0. The highest BCUT2D eigenvalue weighted by molar-refractivity contribution is 6.26. The molecule has 234 valence electrons. The highest BCUT2D eigenvalue weighted by Gasteiger charge is 2.23.